The molecule has 0 spiro atoms. The van der Waals surface area contributed by atoms with E-state index in [1.807, 2.05) is 58.9 Å². The van der Waals surface area contributed by atoms with Crippen molar-refractivity contribution in [1.82, 2.24) is 0 Å². The third-order valence-corrected chi connectivity index (χ3v) is 8.06. The van der Waals surface area contributed by atoms with Crippen molar-refractivity contribution in [3.8, 4) is 23.0 Å². The van der Waals surface area contributed by atoms with Crippen LogP contribution in [-0.4, -0.2) is 23.6 Å². The molecule has 0 bridgehead atoms. The first-order valence-electron chi connectivity index (χ1n) is 15.9. The number of halogens is 2. The van der Waals surface area contributed by atoms with Crippen molar-refractivity contribution in [3.63, 3.8) is 0 Å². The Balaban J connectivity index is 1.29. The van der Waals surface area contributed by atoms with Crippen LogP contribution in [0.5, 0.6) is 23.0 Å². The Bertz CT molecular complexity index is 1720. The van der Waals surface area contributed by atoms with Crippen molar-refractivity contribution in [2.24, 2.45) is 0 Å². The molecule has 0 amide bonds. The summed E-state index contributed by atoms with van der Waals surface area (Å²) in [5.41, 5.74) is 0.961. The van der Waals surface area contributed by atoms with Crippen molar-refractivity contribution in [2.45, 2.75) is 83.8 Å². The van der Waals surface area contributed by atoms with Crippen LogP contribution in [0.25, 0.3) is 0 Å². The van der Waals surface area contributed by atoms with Gasteiger partial charge in [0, 0.05) is 17.5 Å². The maximum absolute atomic E-state index is 14.7. The number of benzene rings is 4. The first-order valence-corrected chi connectivity index (χ1v) is 15.9. The van der Waals surface area contributed by atoms with Crippen molar-refractivity contribution in [1.29, 1.82) is 0 Å². The summed E-state index contributed by atoms with van der Waals surface area (Å²) in [6.45, 7) is 9.24. The molecule has 0 aromatic heterocycles. The zero-order valence-electron chi connectivity index (χ0n) is 27.4. The van der Waals surface area contributed by atoms with Crippen molar-refractivity contribution in [3.05, 3.63) is 119 Å². The highest BCUT2D eigenvalue weighted by atomic mass is 19.1. The fraction of sp³-hybridized carbons (Fsp3) is 0.333. The smallest absolute Gasteiger partial charge is 0.346 e. The molecule has 4 aromatic carbocycles. The Labute approximate surface area is 274 Å². The largest absolute Gasteiger partial charge is 0.491 e. The molecule has 0 radical (unpaired) electrons. The molecule has 8 heteroatoms. The second kappa shape index (κ2) is 14.0. The maximum Gasteiger partial charge on any atom is 0.346 e. The van der Waals surface area contributed by atoms with Gasteiger partial charge in [-0.15, -0.1) is 0 Å². The normalized spacial score (nSPS) is 14.4. The van der Waals surface area contributed by atoms with Gasteiger partial charge in [0.2, 0.25) is 0 Å². The number of ether oxygens (including phenoxy) is 4. The van der Waals surface area contributed by atoms with E-state index in [0.29, 0.717) is 23.0 Å². The number of hydrogen-bond donors (Lipinski definition) is 0. The quantitative estimate of drug-likeness (QED) is 0.134. The third kappa shape index (κ3) is 8.17. The van der Waals surface area contributed by atoms with Crippen LogP contribution in [0.2, 0.25) is 0 Å². The molecule has 0 unspecified atom stereocenters. The first-order chi connectivity index (χ1) is 22.3. The van der Waals surface area contributed by atoms with Crippen molar-refractivity contribution >= 4 is 11.9 Å². The molecule has 1 fully saturated rings. The van der Waals surface area contributed by atoms with Crippen LogP contribution in [0.15, 0.2) is 84.9 Å². The zero-order valence-corrected chi connectivity index (χ0v) is 27.4. The zero-order chi connectivity index (χ0) is 33.8. The fourth-order valence-corrected chi connectivity index (χ4v) is 5.99. The summed E-state index contributed by atoms with van der Waals surface area (Å²) in [7, 11) is 0. The van der Waals surface area contributed by atoms with Gasteiger partial charge in [0.1, 0.15) is 40.2 Å². The van der Waals surface area contributed by atoms with E-state index in [0.717, 1.165) is 43.2 Å². The van der Waals surface area contributed by atoms with Gasteiger partial charge < -0.3 is 18.9 Å². The number of rotatable bonds is 9. The van der Waals surface area contributed by atoms with Crippen molar-refractivity contribution < 1.29 is 37.3 Å². The predicted molar refractivity (Wildman–Crippen MR) is 176 cm³/mol. The summed E-state index contributed by atoms with van der Waals surface area (Å²) in [4.78, 5) is 25.6. The molecule has 246 valence electrons. The summed E-state index contributed by atoms with van der Waals surface area (Å²) in [6, 6.07) is 22.8. The topological polar surface area (TPSA) is 71.1 Å². The lowest BCUT2D eigenvalue weighted by atomic mass is 9.65. The molecule has 0 heterocycles. The lowest BCUT2D eigenvalue weighted by Crippen LogP contribution is -2.30. The van der Waals surface area contributed by atoms with Crippen molar-refractivity contribution in [2.75, 3.05) is 0 Å². The standard InChI is InChI=1S/C39H40F2O6/c1-25(2)44-30-17-19-32(34(40)23-30)36(42)45-28-13-9-26(10-14-28)39(21-7-6-8-22-39)27-11-15-29(16-12-27)46-37(43)33-20-18-31(24-35(33)41)47-38(3,4)5/h9-20,23-25H,6-8,21-22H2,1-5H3. The van der Waals surface area contributed by atoms with Crippen LogP contribution in [0.1, 0.15) is 98.6 Å². The Morgan fingerprint density at radius 3 is 1.49 bits per heavy atom. The molecule has 47 heavy (non-hydrogen) atoms. The van der Waals surface area contributed by atoms with Gasteiger partial charge in [-0.1, -0.05) is 43.5 Å². The molecule has 5 rings (SSSR count). The van der Waals surface area contributed by atoms with E-state index >= 15 is 0 Å². The second-order valence-corrected chi connectivity index (χ2v) is 13.1. The SMILES string of the molecule is CC(C)Oc1ccc(C(=O)Oc2ccc(C3(c4ccc(OC(=O)c5ccc(OC(C)(C)C)cc5F)cc4)CCCCC3)cc2)c(F)c1. The number of hydrogen-bond acceptors (Lipinski definition) is 6. The van der Waals surface area contributed by atoms with Crippen LogP contribution in [-0.2, 0) is 5.41 Å². The molecule has 6 nitrogen and oxygen atoms in total. The Hall–Kier alpha value is -4.72. The third-order valence-electron chi connectivity index (χ3n) is 8.06. The average Bonchev–Trinajstić information content (AvgIpc) is 3.01. The van der Waals surface area contributed by atoms with Crippen LogP contribution >= 0.6 is 0 Å². The summed E-state index contributed by atoms with van der Waals surface area (Å²) in [5, 5.41) is 0. The lowest BCUT2D eigenvalue weighted by Gasteiger charge is -2.38. The molecule has 4 aromatic rings. The Morgan fingerprint density at radius 2 is 1.06 bits per heavy atom. The van der Waals surface area contributed by atoms with Gasteiger partial charge in [0.05, 0.1) is 17.2 Å². The second-order valence-electron chi connectivity index (χ2n) is 13.1. The number of esters is 2. The summed E-state index contributed by atoms with van der Waals surface area (Å²) in [6.07, 6.45) is 4.91. The van der Waals surface area contributed by atoms with Crippen LogP contribution in [0.4, 0.5) is 8.78 Å². The van der Waals surface area contributed by atoms with Gasteiger partial charge in [0.15, 0.2) is 0 Å². The molecule has 0 saturated heterocycles. The molecule has 1 aliphatic rings. The van der Waals surface area contributed by atoms with Crippen LogP contribution in [0.3, 0.4) is 0 Å². The lowest BCUT2D eigenvalue weighted by molar-refractivity contribution is 0.0719. The van der Waals surface area contributed by atoms with Gasteiger partial charge >= 0.3 is 11.9 Å². The highest BCUT2D eigenvalue weighted by Crippen LogP contribution is 2.45. The minimum absolute atomic E-state index is 0.122. The van der Waals surface area contributed by atoms with Gasteiger partial charge in [-0.25, -0.2) is 18.4 Å². The molecule has 1 aliphatic carbocycles. The molecular weight excluding hydrogens is 602 g/mol. The Morgan fingerprint density at radius 1 is 0.638 bits per heavy atom. The minimum Gasteiger partial charge on any atom is -0.491 e. The first kappa shape index (κ1) is 33.6. The average molecular weight is 643 g/mol. The monoisotopic (exact) mass is 642 g/mol. The van der Waals surface area contributed by atoms with E-state index in [-0.39, 0.29) is 22.6 Å². The molecule has 0 atom stereocenters. The molecule has 1 saturated carbocycles. The van der Waals surface area contributed by atoms with E-state index in [4.69, 9.17) is 18.9 Å². The summed E-state index contributed by atoms with van der Waals surface area (Å²) >= 11 is 0. The Kier molecular flexibility index (Phi) is 9.99. The van der Waals surface area contributed by atoms with E-state index in [9.17, 15) is 18.4 Å². The van der Waals surface area contributed by atoms with Gasteiger partial charge in [-0.3, -0.25) is 0 Å². The van der Waals surface area contributed by atoms with E-state index in [2.05, 4.69) is 0 Å². The molecule has 0 aliphatic heterocycles. The molecular formula is C39H40F2O6. The fourth-order valence-electron chi connectivity index (χ4n) is 5.99. The highest BCUT2D eigenvalue weighted by Gasteiger charge is 2.36. The molecule has 0 N–H and O–H groups in total. The number of carbonyl (C=O) groups excluding carboxylic acids is 2. The minimum atomic E-state index is -0.796. The van der Waals surface area contributed by atoms with E-state index < -0.39 is 29.2 Å². The number of carbonyl (C=O) groups is 2. The maximum atomic E-state index is 14.7. The van der Waals surface area contributed by atoms with Crippen LogP contribution < -0.4 is 18.9 Å². The predicted octanol–water partition coefficient (Wildman–Crippen LogP) is 9.62. The van der Waals surface area contributed by atoms with Gasteiger partial charge in [-0.2, -0.15) is 0 Å². The van der Waals surface area contributed by atoms with E-state index in [1.165, 1.54) is 24.3 Å². The highest BCUT2D eigenvalue weighted by molar-refractivity contribution is 5.92. The van der Waals surface area contributed by atoms with Gasteiger partial charge in [0.25, 0.3) is 0 Å². The van der Waals surface area contributed by atoms with E-state index in [1.54, 1.807) is 36.4 Å². The summed E-state index contributed by atoms with van der Waals surface area (Å²) in [5.74, 6) is -1.75. The van der Waals surface area contributed by atoms with Gasteiger partial charge in [-0.05, 0) is 107 Å². The summed E-state index contributed by atoms with van der Waals surface area (Å²) < 4.78 is 51.6. The van der Waals surface area contributed by atoms with Crippen LogP contribution in [0, 0.1) is 11.6 Å².